The third kappa shape index (κ3) is 2.62. The van der Waals surface area contributed by atoms with Crippen molar-refractivity contribution in [2.24, 2.45) is 5.92 Å². The summed E-state index contributed by atoms with van der Waals surface area (Å²) in [6.07, 6.45) is 8.44. The number of nitrogens with zero attached hydrogens (tertiary/aromatic N) is 1. The first-order valence-electron chi connectivity index (χ1n) is 7.27. The zero-order chi connectivity index (χ0) is 13.5. The fourth-order valence-electron chi connectivity index (χ4n) is 3.10. The monoisotopic (exact) mass is 282 g/mol. The molecule has 106 valence electrons. The lowest BCUT2D eigenvalue weighted by atomic mass is 9.83. The van der Waals surface area contributed by atoms with Gasteiger partial charge in [-0.1, -0.05) is 6.42 Å². The molecule has 2 aliphatic carbocycles. The first-order chi connectivity index (χ1) is 9.13. The van der Waals surface area contributed by atoms with Gasteiger partial charge in [0.25, 0.3) is 0 Å². The second-order valence-corrected chi connectivity index (χ2v) is 7.41. The van der Waals surface area contributed by atoms with E-state index in [4.69, 9.17) is 0 Å². The number of carbonyl (C=O) groups excluding carboxylic acids is 2. The van der Waals surface area contributed by atoms with Crippen molar-refractivity contribution in [2.75, 3.05) is 19.3 Å². The van der Waals surface area contributed by atoms with Gasteiger partial charge < -0.3 is 10.2 Å². The van der Waals surface area contributed by atoms with Crippen molar-refractivity contribution in [2.45, 2.75) is 49.3 Å². The van der Waals surface area contributed by atoms with E-state index in [0.29, 0.717) is 18.9 Å². The van der Waals surface area contributed by atoms with E-state index >= 15 is 0 Å². The summed E-state index contributed by atoms with van der Waals surface area (Å²) >= 11 is 1.89. The molecule has 3 fully saturated rings. The molecule has 0 aromatic heterocycles. The summed E-state index contributed by atoms with van der Waals surface area (Å²) < 4.78 is 0.261. The van der Waals surface area contributed by atoms with Gasteiger partial charge in [-0.3, -0.25) is 9.59 Å². The third-order valence-electron chi connectivity index (χ3n) is 4.77. The summed E-state index contributed by atoms with van der Waals surface area (Å²) in [6, 6.07) is -0.242. The fourth-order valence-corrected chi connectivity index (χ4v) is 4.08. The lowest BCUT2D eigenvalue weighted by Gasteiger charge is -2.44. The minimum absolute atomic E-state index is 0.0413. The molecule has 0 radical (unpaired) electrons. The van der Waals surface area contributed by atoms with Crippen molar-refractivity contribution in [3.8, 4) is 0 Å². The molecule has 1 N–H and O–H groups in total. The van der Waals surface area contributed by atoms with Crippen molar-refractivity contribution in [1.29, 1.82) is 0 Å². The number of thioether (sulfide) groups is 1. The average molecular weight is 282 g/mol. The van der Waals surface area contributed by atoms with E-state index in [1.165, 1.54) is 19.3 Å². The van der Waals surface area contributed by atoms with Crippen molar-refractivity contribution >= 4 is 23.6 Å². The Morgan fingerprint density at radius 1 is 1.37 bits per heavy atom. The van der Waals surface area contributed by atoms with E-state index in [1.807, 2.05) is 16.7 Å². The first kappa shape index (κ1) is 13.3. The van der Waals surface area contributed by atoms with Crippen LogP contribution in [-0.4, -0.2) is 46.8 Å². The molecule has 0 aromatic carbocycles. The minimum Gasteiger partial charge on any atom is -0.344 e. The topological polar surface area (TPSA) is 49.4 Å². The Kier molecular flexibility index (Phi) is 3.50. The van der Waals surface area contributed by atoms with Gasteiger partial charge in [0.1, 0.15) is 6.04 Å². The summed E-state index contributed by atoms with van der Waals surface area (Å²) in [7, 11) is 0. The van der Waals surface area contributed by atoms with E-state index in [0.717, 1.165) is 19.4 Å². The normalized spacial score (nSPS) is 30.6. The van der Waals surface area contributed by atoms with Gasteiger partial charge in [0.2, 0.25) is 11.8 Å². The summed E-state index contributed by atoms with van der Waals surface area (Å²) in [6.45, 7) is 1.42. The summed E-state index contributed by atoms with van der Waals surface area (Å²) in [5, 5.41) is 2.92. The highest BCUT2D eigenvalue weighted by Crippen LogP contribution is 2.44. The minimum atomic E-state index is -0.242. The van der Waals surface area contributed by atoms with Gasteiger partial charge in [-0.2, -0.15) is 11.8 Å². The molecule has 1 unspecified atom stereocenters. The quantitative estimate of drug-likeness (QED) is 0.848. The van der Waals surface area contributed by atoms with Gasteiger partial charge in [-0.05, 0) is 37.9 Å². The van der Waals surface area contributed by atoms with Gasteiger partial charge in [0.15, 0.2) is 0 Å². The Balaban J connectivity index is 1.71. The van der Waals surface area contributed by atoms with Crippen LogP contribution >= 0.6 is 11.8 Å². The number of carbonyl (C=O) groups is 2. The van der Waals surface area contributed by atoms with E-state index in [2.05, 4.69) is 11.6 Å². The highest BCUT2D eigenvalue weighted by Gasteiger charge is 2.44. The van der Waals surface area contributed by atoms with Crippen LogP contribution < -0.4 is 5.32 Å². The Morgan fingerprint density at radius 2 is 2.11 bits per heavy atom. The summed E-state index contributed by atoms with van der Waals surface area (Å²) in [5.74, 6) is 0.594. The van der Waals surface area contributed by atoms with Gasteiger partial charge in [0, 0.05) is 24.3 Å². The van der Waals surface area contributed by atoms with Crippen LogP contribution in [0.25, 0.3) is 0 Å². The number of hydrogen-bond donors (Lipinski definition) is 1. The van der Waals surface area contributed by atoms with Crippen molar-refractivity contribution in [3.63, 3.8) is 0 Å². The summed E-state index contributed by atoms with van der Waals surface area (Å²) in [4.78, 5) is 26.3. The average Bonchev–Trinajstić information content (AvgIpc) is 3.17. The number of nitrogens with one attached hydrogen (secondary N) is 1. The molecule has 2 saturated carbocycles. The first-order valence-corrected chi connectivity index (χ1v) is 8.49. The Morgan fingerprint density at radius 3 is 2.63 bits per heavy atom. The van der Waals surface area contributed by atoms with Crippen molar-refractivity contribution in [1.82, 2.24) is 10.2 Å². The van der Waals surface area contributed by atoms with Gasteiger partial charge in [-0.25, -0.2) is 0 Å². The van der Waals surface area contributed by atoms with E-state index < -0.39 is 0 Å². The molecule has 1 saturated heterocycles. The van der Waals surface area contributed by atoms with Crippen LogP contribution in [0.1, 0.15) is 38.5 Å². The lowest BCUT2D eigenvalue weighted by Crippen LogP contribution is -2.52. The fraction of sp³-hybridized carbons (Fsp3) is 0.857. The molecule has 2 amide bonds. The van der Waals surface area contributed by atoms with Gasteiger partial charge in [0.05, 0.1) is 0 Å². The molecule has 1 atom stereocenters. The SMILES string of the molecule is CSC1(CN2CCC(=O)NC(C3CC3)C2=O)CCC1. The molecule has 3 rings (SSSR count). The molecule has 1 aliphatic heterocycles. The molecular weight excluding hydrogens is 260 g/mol. The predicted molar refractivity (Wildman–Crippen MR) is 75.9 cm³/mol. The van der Waals surface area contributed by atoms with E-state index in [1.54, 1.807) is 0 Å². The van der Waals surface area contributed by atoms with Gasteiger partial charge >= 0.3 is 0 Å². The zero-order valence-electron chi connectivity index (χ0n) is 11.5. The molecule has 3 aliphatic rings. The Bertz CT molecular complexity index is 385. The van der Waals surface area contributed by atoms with Crippen LogP contribution in [0, 0.1) is 5.92 Å². The number of rotatable bonds is 4. The van der Waals surface area contributed by atoms with Crippen LogP contribution in [0.5, 0.6) is 0 Å². The zero-order valence-corrected chi connectivity index (χ0v) is 12.3. The second kappa shape index (κ2) is 5.00. The molecule has 19 heavy (non-hydrogen) atoms. The molecular formula is C14H22N2O2S. The second-order valence-electron chi connectivity index (χ2n) is 6.13. The maximum atomic E-state index is 12.6. The van der Waals surface area contributed by atoms with E-state index in [-0.39, 0.29) is 22.6 Å². The number of amides is 2. The maximum Gasteiger partial charge on any atom is 0.245 e. The molecule has 4 nitrogen and oxygen atoms in total. The highest BCUT2D eigenvalue weighted by atomic mass is 32.2. The van der Waals surface area contributed by atoms with Crippen LogP contribution in [0.15, 0.2) is 0 Å². The molecule has 0 spiro atoms. The maximum absolute atomic E-state index is 12.6. The largest absolute Gasteiger partial charge is 0.344 e. The van der Waals surface area contributed by atoms with Gasteiger partial charge in [-0.15, -0.1) is 0 Å². The van der Waals surface area contributed by atoms with Crippen molar-refractivity contribution in [3.05, 3.63) is 0 Å². The van der Waals surface area contributed by atoms with Crippen molar-refractivity contribution < 1.29 is 9.59 Å². The predicted octanol–water partition coefficient (Wildman–Crippen LogP) is 1.40. The molecule has 1 heterocycles. The molecule has 0 aromatic rings. The van der Waals surface area contributed by atoms with Crippen LogP contribution in [0.4, 0.5) is 0 Å². The number of hydrogen-bond acceptors (Lipinski definition) is 3. The van der Waals surface area contributed by atoms with Crippen LogP contribution in [0.3, 0.4) is 0 Å². The summed E-state index contributed by atoms with van der Waals surface area (Å²) in [5.41, 5.74) is 0. The Hall–Kier alpha value is -0.710. The van der Waals surface area contributed by atoms with Crippen LogP contribution in [-0.2, 0) is 9.59 Å². The smallest absolute Gasteiger partial charge is 0.245 e. The van der Waals surface area contributed by atoms with Crippen LogP contribution in [0.2, 0.25) is 0 Å². The standard InChI is InChI=1S/C14H22N2O2S/c1-19-14(6-2-7-14)9-16-8-5-11(17)15-12(13(16)18)10-3-4-10/h10,12H,2-9H2,1H3,(H,15,17). The lowest BCUT2D eigenvalue weighted by molar-refractivity contribution is -0.134. The van der Waals surface area contributed by atoms with E-state index in [9.17, 15) is 9.59 Å². The third-order valence-corrected chi connectivity index (χ3v) is 6.18. The molecule has 0 bridgehead atoms. The highest BCUT2D eigenvalue weighted by molar-refractivity contribution is 8.00. The molecule has 5 heteroatoms. The Labute approximate surface area is 118 Å².